The van der Waals surface area contributed by atoms with Crippen molar-refractivity contribution in [2.75, 3.05) is 18.4 Å². The van der Waals surface area contributed by atoms with Gasteiger partial charge in [0, 0.05) is 13.1 Å². The minimum Gasteiger partial charge on any atom is -0.337 e. The summed E-state index contributed by atoms with van der Waals surface area (Å²) in [4.78, 5) is 21.3. The number of rotatable bonds is 2. The number of anilines is 1. The van der Waals surface area contributed by atoms with E-state index in [0.717, 1.165) is 31.4 Å². The molecule has 2 amide bonds. The number of hydrogen-bond acceptors (Lipinski definition) is 3. The van der Waals surface area contributed by atoms with Gasteiger partial charge in [0.05, 0.1) is 28.5 Å². The molecule has 142 valence electrons. The molecule has 0 saturated carbocycles. The monoisotopic (exact) mass is 378 g/mol. The van der Waals surface area contributed by atoms with Crippen LogP contribution in [0.3, 0.4) is 0 Å². The fourth-order valence-electron chi connectivity index (χ4n) is 3.16. The first-order valence-corrected chi connectivity index (χ1v) is 8.58. The third kappa shape index (κ3) is 3.46. The largest absolute Gasteiger partial charge is 0.416 e. The standard InChI is InChI=1S/C17H17F3N6O/c18-17(19,20)10-4-5-11-12(8-10)23-15(22-11)14-13(9-21-25-14)24-16(27)26-6-2-1-3-7-26/h4-5,8-9H,1-3,6-7H2,(H,21,25)(H,22,23)(H,24,27). The summed E-state index contributed by atoms with van der Waals surface area (Å²) in [5, 5.41) is 9.45. The van der Waals surface area contributed by atoms with Gasteiger partial charge in [0.1, 0.15) is 5.69 Å². The summed E-state index contributed by atoms with van der Waals surface area (Å²) in [5.74, 6) is 0.302. The van der Waals surface area contributed by atoms with Gasteiger partial charge in [0.25, 0.3) is 0 Å². The van der Waals surface area contributed by atoms with Crippen LogP contribution in [0.4, 0.5) is 23.7 Å². The molecule has 1 aromatic carbocycles. The number of imidazole rings is 1. The van der Waals surface area contributed by atoms with Crippen LogP contribution in [0.25, 0.3) is 22.6 Å². The van der Waals surface area contributed by atoms with Crippen LogP contribution in [-0.4, -0.2) is 44.2 Å². The summed E-state index contributed by atoms with van der Waals surface area (Å²) in [7, 11) is 0. The van der Waals surface area contributed by atoms with Gasteiger partial charge >= 0.3 is 12.2 Å². The fraction of sp³-hybridized carbons (Fsp3) is 0.353. The molecular formula is C17H17F3N6O. The zero-order chi connectivity index (χ0) is 19.0. The van der Waals surface area contributed by atoms with E-state index in [0.29, 0.717) is 35.8 Å². The van der Waals surface area contributed by atoms with Gasteiger partial charge in [-0.1, -0.05) is 0 Å². The van der Waals surface area contributed by atoms with Crippen molar-refractivity contribution in [3.05, 3.63) is 30.0 Å². The topological polar surface area (TPSA) is 89.7 Å². The average Bonchev–Trinajstić information content (AvgIpc) is 3.27. The maximum Gasteiger partial charge on any atom is 0.416 e. The van der Waals surface area contributed by atoms with E-state index in [9.17, 15) is 18.0 Å². The molecule has 3 N–H and O–H groups in total. The SMILES string of the molecule is O=C(Nc1cn[nH]c1-c1nc2ccc(C(F)(F)F)cc2[nH]1)N1CCCCC1. The predicted octanol–water partition coefficient (Wildman–Crippen LogP) is 3.99. The Morgan fingerprint density at radius 2 is 1.96 bits per heavy atom. The van der Waals surface area contributed by atoms with E-state index < -0.39 is 11.7 Å². The number of carbonyl (C=O) groups is 1. The molecular weight excluding hydrogens is 361 g/mol. The maximum absolute atomic E-state index is 12.9. The van der Waals surface area contributed by atoms with E-state index in [1.54, 1.807) is 4.90 Å². The first kappa shape index (κ1) is 17.4. The highest BCUT2D eigenvalue weighted by Crippen LogP contribution is 2.32. The summed E-state index contributed by atoms with van der Waals surface area (Å²) < 4.78 is 38.6. The van der Waals surface area contributed by atoms with Crippen molar-refractivity contribution in [1.82, 2.24) is 25.1 Å². The molecule has 0 unspecified atom stereocenters. The number of nitrogens with one attached hydrogen (secondary N) is 3. The Hall–Kier alpha value is -3.04. The molecule has 2 aromatic heterocycles. The Balaban J connectivity index is 1.61. The molecule has 1 aliphatic heterocycles. The minimum absolute atomic E-state index is 0.229. The van der Waals surface area contributed by atoms with Crippen molar-refractivity contribution >= 4 is 22.8 Å². The highest BCUT2D eigenvalue weighted by Gasteiger charge is 2.31. The number of carbonyl (C=O) groups excluding carboxylic acids is 1. The third-order valence-electron chi connectivity index (χ3n) is 4.57. The van der Waals surface area contributed by atoms with Gasteiger partial charge in [-0.05, 0) is 37.5 Å². The van der Waals surface area contributed by atoms with E-state index in [2.05, 4.69) is 25.5 Å². The molecule has 27 heavy (non-hydrogen) atoms. The summed E-state index contributed by atoms with van der Waals surface area (Å²) in [6.45, 7) is 1.40. The number of alkyl halides is 3. The molecule has 0 spiro atoms. The van der Waals surface area contributed by atoms with Gasteiger partial charge in [-0.15, -0.1) is 0 Å². The van der Waals surface area contributed by atoms with Crippen LogP contribution in [0.5, 0.6) is 0 Å². The quantitative estimate of drug-likeness (QED) is 0.630. The summed E-state index contributed by atoms with van der Waals surface area (Å²) >= 11 is 0. The zero-order valence-electron chi connectivity index (χ0n) is 14.2. The first-order chi connectivity index (χ1) is 12.9. The fourth-order valence-corrected chi connectivity index (χ4v) is 3.16. The first-order valence-electron chi connectivity index (χ1n) is 8.58. The van der Waals surface area contributed by atoms with Crippen molar-refractivity contribution in [2.24, 2.45) is 0 Å². The van der Waals surface area contributed by atoms with Gasteiger partial charge < -0.3 is 15.2 Å². The Labute approximate surface area is 152 Å². The number of hydrogen-bond donors (Lipinski definition) is 3. The van der Waals surface area contributed by atoms with Gasteiger partial charge in [-0.3, -0.25) is 5.10 Å². The number of nitrogens with zero attached hydrogens (tertiary/aromatic N) is 3. The number of likely N-dealkylation sites (tertiary alicyclic amines) is 1. The van der Waals surface area contributed by atoms with Crippen LogP contribution in [0.1, 0.15) is 24.8 Å². The second-order valence-electron chi connectivity index (χ2n) is 6.45. The lowest BCUT2D eigenvalue weighted by atomic mass is 10.1. The second kappa shape index (κ2) is 6.60. The van der Waals surface area contributed by atoms with Crippen LogP contribution < -0.4 is 5.32 Å². The van der Waals surface area contributed by atoms with E-state index in [-0.39, 0.29) is 11.5 Å². The van der Waals surface area contributed by atoms with E-state index in [4.69, 9.17) is 0 Å². The van der Waals surface area contributed by atoms with Crippen LogP contribution in [0.2, 0.25) is 0 Å². The lowest BCUT2D eigenvalue weighted by Gasteiger charge is -2.26. The molecule has 1 fully saturated rings. The number of halogens is 3. The van der Waals surface area contributed by atoms with Crippen LogP contribution in [0, 0.1) is 0 Å². The number of piperidine rings is 1. The van der Waals surface area contributed by atoms with E-state index >= 15 is 0 Å². The van der Waals surface area contributed by atoms with Gasteiger partial charge in [-0.2, -0.15) is 18.3 Å². The normalized spacial score (nSPS) is 15.3. The number of H-pyrrole nitrogens is 2. The predicted molar refractivity (Wildman–Crippen MR) is 93.1 cm³/mol. The average molecular weight is 378 g/mol. The number of benzene rings is 1. The van der Waals surface area contributed by atoms with Crippen molar-refractivity contribution in [3.8, 4) is 11.5 Å². The van der Waals surface area contributed by atoms with Gasteiger partial charge in [0.2, 0.25) is 0 Å². The number of aromatic amines is 2. The van der Waals surface area contributed by atoms with Gasteiger partial charge in [-0.25, -0.2) is 9.78 Å². The Morgan fingerprint density at radius 1 is 1.19 bits per heavy atom. The Morgan fingerprint density at radius 3 is 2.70 bits per heavy atom. The molecule has 3 heterocycles. The number of amides is 2. The van der Waals surface area contributed by atoms with Crippen molar-refractivity contribution < 1.29 is 18.0 Å². The zero-order valence-corrected chi connectivity index (χ0v) is 14.2. The van der Waals surface area contributed by atoms with Crippen LogP contribution >= 0.6 is 0 Å². The Kier molecular flexibility index (Phi) is 4.25. The lowest BCUT2D eigenvalue weighted by Crippen LogP contribution is -2.38. The summed E-state index contributed by atoms with van der Waals surface area (Å²) in [6, 6.07) is 3.07. The molecule has 7 nitrogen and oxygen atoms in total. The van der Waals surface area contributed by atoms with Crippen molar-refractivity contribution in [3.63, 3.8) is 0 Å². The highest BCUT2D eigenvalue weighted by atomic mass is 19.4. The molecule has 4 rings (SSSR count). The Bertz CT molecular complexity index is 971. The molecule has 0 radical (unpaired) electrons. The molecule has 1 saturated heterocycles. The van der Waals surface area contributed by atoms with E-state index in [1.807, 2.05) is 0 Å². The van der Waals surface area contributed by atoms with Crippen molar-refractivity contribution in [1.29, 1.82) is 0 Å². The molecule has 0 bridgehead atoms. The second-order valence-corrected chi connectivity index (χ2v) is 6.45. The highest BCUT2D eigenvalue weighted by molar-refractivity contribution is 5.93. The van der Waals surface area contributed by atoms with Gasteiger partial charge in [0.15, 0.2) is 5.82 Å². The minimum atomic E-state index is -4.43. The number of urea groups is 1. The third-order valence-corrected chi connectivity index (χ3v) is 4.57. The lowest BCUT2D eigenvalue weighted by molar-refractivity contribution is -0.137. The van der Waals surface area contributed by atoms with Crippen molar-refractivity contribution in [2.45, 2.75) is 25.4 Å². The summed E-state index contributed by atoms with van der Waals surface area (Å²) in [6.07, 6.45) is 0.0692. The van der Waals surface area contributed by atoms with E-state index in [1.165, 1.54) is 12.3 Å². The summed E-state index contributed by atoms with van der Waals surface area (Å²) in [5.41, 5.74) is 0.711. The molecule has 10 heteroatoms. The number of fused-ring (bicyclic) bond motifs is 1. The molecule has 0 aliphatic carbocycles. The van der Waals surface area contributed by atoms with Crippen LogP contribution in [-0.2, 0) is 6.18 Å². The molecule has 3 aromatic rings. The van der Waals surface area contributed by atoms with Crippen LogP contribution in [0.15, 0.2) is 24.4 Å². The smallest absolute Gasteiger partial charge is 0.337 e. The maximum atomic E-state index is 12.9. The number of aromatic nitrogens is 4. The molecule has 1 aliphatic rings. The molecule has 0 atom stereocenters.